The van der Waals surface area contributed by atoms with Gasteiger partial charge in [-0.1, -0.05) is 24.3 Å². The summed E-state index contributed by atoms with van der Waals surface area (Å²) in [6.07, 6.45) is -0.306. The first-order valence-electron chi connectivity index (χ1n) is 10.6. The summed E-state index contributed by atoms with van der Waals surface area (Å²) in [5.41, 5.74) is 1.13. The fourth-order valence-corrected chi connectivity index (χ4v) is 4.81. The Labute approximate surface area is 192 Å². The van der Waals surface area contributed by atoms with E-state index in [1.165, 1.54) is 12.1 Å². The Bertz CT molecular complexity index is 1440. The molecule has 7 nitrogen and oxygen atoms in total. The molecule has 0 fully saturated rings. The standard InChI is InChI=1S/C25H25NO6S/c1-5-30-17-10-12-18(13-11-17)33(28,29)26-22-14-21-23(25(27)31-15(2)3)16(4)32-24(21)20-9-7-6-8-19(20)22/h6-15,26H,5H2,1-4H3. The maximum atomic E-state index is 13.2. The molecule has 1 N–H and O–H groups in total. The minimum absolute atomic E-state index is 0.0953. The van der Waals surface area contributed by atoms with Crippen molar-refractivity contribution in [3.05, 3.63) is 65.9 Å². The van der Waals surface area contributed by atoms with E-state index in [0.717, 1.165) is 0 Å². The SMILES string of the molecule is CCOc1ccc(S(=O)(=O)Nc2cc3c(C(=O)OC(C)C)c(C)oc3c3ccccc23)cc1. The molecule has 4 aromatic rings. The van der Waals surface area contributed by atoms with Crippen molar-refractivity contribution in [1.82, 2.24) is 0 Å². The van der Waals surface area contributed by atoms with Crippen LogP contribution in [-0.4, -0.2) is 27.1 Å². The second-order valence-corrected chi connectivity index (χ2v) is 9.53. The molecule has 0 amide bonds. The van der Waals surface area contributed by atoms with E-state index in [0.29, 0.717) is 45.5 Å². The number of ether oxygens (including phenoxy) is 2. The first-order chi connectivity index (χ1) is 15.7. The number of fused-ring (bicyclic) bond motifs is 3. The number of carbonyl (C=O) groups excluding carboxylic acids is 1. The van der Waals surface area contributed by atoms with Crippen LogP contribution in [0.3, 0.4) is 0 Å². The Morgan fingerprint density at radius 3 is 2.33 bits per heavy atom. The van der Waals surface area contributed by atoms with Crippen LogP contribution in [0.1, 0.15) is 36.9 Å². The average molecular weight is 468 g/mol. The van der Waals surface area contributed by atoms with Gasteiger partial charge >= 0.3 is 5.97 Å². The van der Waals surface area contributed by atoms with E-state index in [-0.39, 0.29) is 16.6 Å². The van der Waals surface area contributed by atoms with Gasteiger partial charge in [0.2, 0.25) is 0 Å². The van der Waals surface area contributed by atoms with Crippen LogP contribution in [0.4, 0.5) is 5.69 Å². The van der Waals surface area contributed by atoms with Crippen LogP contribution in [-0.2, 0) is 14.8 Å². The van der Waals surface area contributed by atoms with Gasteiger partial charge < -0.3 is 13.9 Å². The number of anilines is 1. The van der Waals surface area contributed by atoms with Crippen molar-refractivity contribution in [2.24, 2.45) is 0 Å². The van der Waals surface area contributed by atoms with Crippen molar-refractivity contribution in [2.45, 2.75) is 38.7 Å². The lowest BCUT2D eigenvalue weighted by Gasteiger charge is -2.13. The number of nitrogens with one attached hydrogen (secondary N) is 1. The molecule has 0 saturated heterocycles. The fourth-order valence-electron chi connectivity index (χ4n) is 3.73. The van der Waals surface area contributed by atoms with Crippen LogP contribution in [0.25, 0.3) is 21.7 Å². The predicted molar refractivity (Wildman–Crippen MR) is 127 cm³/mol. The Morgan fingerprint density at radius 1 is 1.03 bits per heavy atom. The molecule has 0 bridgehead atoms. The van der Waals surface area contributed by atoms with E-state index in [1.54, 1.807) is 45.0 Å². The summed E-state index contributed by atoms with van der Waals surface area (Å²) in [6.45, 7) is 7.57. The topological polar surface area (TPSA) is 94.8 Å². The molecule has 33 heavy (non-hydrogen) atoms. The molecule has 0 atom stereocenters. The number of benzene rings is 3. The van der Waals surface area contributed by atoms with Crippen LogP contribution < -0.4 is 9.46 Å². The fraction of sp³-hybridized carbons (Fsp3) is 0.240. The highest BCUT2D eigenvalue weighted by Crippen LogP contribution is 2.37. The maximum Gasteiger partial charge on any atom is 0.342 e. The summed E-state index contributed by atoms with van der Waals surface area (Å²) in [5.74, 6) is 0.481. The van der Waals surface area contributed by atoms with Crippen molar-refractivity contribution >= 4 is 43.4 Å². The summed E-state index contributed by atoms with van der Waals surface area (Å²) < 4.78 is 45.7. The molecule has 8 heteroatoms. The highest BCUT2D eigenvalue weighted by atomic mass is 32.2. The Balaban J connectivity index is 1.85. The van der Waals surface area contributed by atoms with Crippen LogP contribution >= 0.6 is 0 Å². The third kappa shape index (κ3) is 4.39. The summed E-state index contributed by atoms with van der Waals surface area (Å²) in [6, 6.07) is 15.1. The molecule has 0 unspecified atom stereocenters. The minimum Gasteiger partial charge on any atom is -0.494 e. The van der Waals surface area contributed by atoms with E-state index in [4.69, 9.17) is 13.9 Å². The number of hydrogen-bond donors (Lipinski definition) is 1. The Hall–Kier alpha value is -3.52. The number of carbonyl (C=O) groups is 1. The first-order valence-corrected chi connectivity index (χ1v) is 12.1. The number of furan rings is 1. The molecule has 0 spiro atoms. The molecule has 0 saturated carbocycles. The zero-order chi connectivity index (χ0) is 23.8. The normalized spacial score (nSPS) is 11.8. The predicted octanol–water partition coefficient (Wildman–Crippen LogP) is 5.66. The summed E-state index contributed by atoms with van der Waals surface area (Å²) in [5, 5.41) is 1.82. The van der Waals surface area contributed by atoms with Gasteiger partial charge in [-0.25, -0.2) is 13.2 Å². The molecule has 3 aromatic carbocycles. The van der Waals surface area contributed by atoms with E-state index in [2.05, 4.69) is 4.72 Å². The van der Waals surface area contributed by atoms with Crippen LogP contribution in [0.15, 0.2) is 63.9 Å². The molecule has 0 aliphatic rings. The quantitative estimate of drug-likeness (QED) is 0.353. The van der Waals surface area contributed by atoms with Gasteiger partial charge in [0.1, 0.15) is 22.7 Å². The molecular weight excluding hydrogens is 442 g/mol. The van der Waals surface area contributed by atoms with Crippen LogP contribution in [0, 0.1) is 6.92 Å². The van der Waals surface area contributed by atoms with Gasteiger partial charge in [-0.3, -0.25) is 4.72 Å². The second-order valence-electron chi connectivity index (χ2n) is 7.84. The van der Waals surface area contributed by atoms with Gasteiger partial charge in [0.05, 0.1) is 23.3 Å². The lowest BCUT2D eigenvalue weighted by molar-refractivity contribution is 0.0378. The first kappa shape index (κ1) is 22.7. The number of sulfonamides is 1. The van der Waals surface area contributed by atoms with Crippen molar-refractivity contribution < 1.29 is 27.1 Å². The largest absolute Gasteiger partial charge is 0.494 e. The number of rotatable bonds is 7. The molecule has 1 aromatic heterocycles. The van der Waals surface area contributed by atoms with E-state index < -0.39 is 16.0 Å². The van der Waals surface area contributed by atoms with Gasteiger partial charge in [0.25, 0.3) is 10.0 Å². The summed E-state index contributed by atoms with van der Waals surface area (Å²) in [7, 11) is -3.90. The lowest BCUT2D eigenvalue weighted by atomic mass is 10.0. The molecule has 0 aliphatic carbocycles. The average Bonchev–Trinajstić information content (AvgIpc) is 3.10. The van der Waals surface area contributed by atoms with Crippen LogP contribution in [0.5, 0.6) is 5.75 Å². The van der Waals surface area contributed by atoms with Gasteiger partial charge in [-0.15, -0.1) is 0 Å². The second kappa shape index (κ2) is 8.78. The molecule has 0 aliphatic heterocycles. The van der Waals surface area contributed by atoms with E-state index in [9.17, 15) is 13.2 Å². The number of hydrogen-bond acceptors (Lipinski definition) is 6. The highest BCUT2D eigenvalue weighted by molar-refractivity contribution is 7.92. The van der Waals surface area contributed by atoms with Crippen molar-refractivity contribution in [3.63, 3.8) is 0 Å². The third-order valence-corrected chi connectivity index (χ3v) is 6.49. The molecule has 1 heterocycles. The summed E-state index contributed by atoms with van der Waals surface area (Å²) in [4.78, 5) is 12.9. The van der Waals surface area contributed by atoms with Gasteiger partial charge in [0.15, 0.2) is 0 Å². The number of esters is 1. The van der Waals surface area contributed by atoms with Gasteiger partial charge in [-0.2, -0.15) is 0 Å². The Kier molecular flexibility index (Phi) is 6.03. The van der Waals surface area contributed by atoms with Crippen molar-refractivity contribution in [2.75, 3.05) is 11.3 Å². The monoisotopic (exact) mass is 467 g/mol. The molecule has 172 valence electrons. The zero-order valence-electron chi connectivity index (χ0n) is 18.8. The Morgan fingerprint density at radius 2 is 1.70 bits per heavy atom. The molecule has 0 radical (unpaired) electrons. The minimum atomic E-state index is -3.90. The van der Waals surface area contributed by atoms with Crippen molar-refractivity contribution in [1.29, 1.82) is 0 Å². The maximum absolute atomic E-state index is 13.2. The van der Waals surface area contributed by atoms with E-state index >= 15 is 0 Å². The summed E-state index contributed by atoms with van der Waals surface area (Å²) >= 11 is 0. The zero-order valence-corrected chi connectivity index (χ0v) is 19.7. The van der Waals surface area contributed by atoms with Crippen LogP contribution in [0.2, 0.25) is 0 Å². The van der Waals surface area contributed by atoms with Gasteiger partial charge in [-0.05, 0) is 58.0 Å². The van der Waals surface area contributed by atoms with E-state index in [1.807, 2.05) is 25.1 Å². The third-order valence-electron chi connectivity index (χ3n) is 5.11. The highest BCUT2D eigenvalue weighted by Gasteiger charge is 2.24. The number of aryl methyl sites for hydroxylation is 1. The molecular formula is C25H25NO6S. The lowest BCUT2D eigenvalue weighted by Crippen LogP contribution is -2.14. The van der Waals surface area contributed by atoms with Gasteiger partial charge in [0, 0.05) is 16.2 Å². The molecule has 4 rings (SSSR count). The smallest absolute Gasteiger partial charge is 0.342 e. The van der Waals surface area contributed by atoms with Crippen molar-refractivity contribution in [3.8, 4) is 5.75 Å².